The molecule has 6 heteroatoms. The molecule has 0 saturated carbocycles. The molecule has 0 atom stereocenters. The Hall–Kier alpha value is -2.04. The standard InChI is InChI=1S/C15H10Cl2O4/c16-10-3-1-2-9(6-10)15(20)12-7-11(17)4-5-13(12)21-8-14(18)19/h1-7H,8H2,(H,18,19). The SMILES string of the molecule is O=C(O)COc1ccc(Cl)cc1C(=O)c1cccc(Cl)c1. The Morgan fingerprint density at radius 3 is 2.43 bits per heavy atom. The molecule has 21 heavy (non-hydrogen) atoms. The molecule has 0 aliphatic carbocycles. The maximum Gasteiger partial charge on any atom is 0.341 e. The molecule has 0 bridgehead atoms. The van der Waals surface area contributed by atoms with E-state index in [2.05, 4.69) is 0 Å². The van der Waals surface area contributed by atoms with Crippen molar-refractivity contribution < 1.29 is 19.4 Å². The second-order valence-corrected chi connectivity index (χ2v) is 5.04. The van der Waals surface area contributed by atoms with Gasteiger partial charge in [-0.15, -0.1) is 0 Å². The maximum atomic E-state index is 12.5. The van der Waals surface area contributed by atoms with Gasteiger partial charge in [0.2, 0.25) is 0 Å². The number of aliphatic carboxylic acids is 1. The molecule has 0 amide bonds. The number of carbonyl (C=O) groups excluding carboxylic acids is 1. The number of carboxylic acids is 1. The molecular formula is C15H10Cl2O4. The molecule has 2 aromatic rings. The lowest BCUT2D eigenvalue weighted by atomic mass is 10.0. The quantitative estimate of drug-likeness (QED) is 0.852. The summed E-state index contributed by atoms with van der Waals surface area (Å²) in [5.74, 6) is -1.32. The Morgan fingerprint density at radius 1 is 1.05 bits per heavy atom. The highest BCUT2D eigenvalue weighted by molar-refractivity contribution is 6.32. The lowest BCUT2D eigenvalue weighted by Crippen LogP contribution is -2.12. The first-order valence-electron chi connectivity index (χ1n) is 5.92. The summed E-state index contributed by atoms with van der Waals surface area (Å²) in [6.45, 7) is -0.544. The second kappa shape index (κ2) is 6.61. The molecule has 4 nitrogen and oxygen atoms in total. The van der Waals surface area contributed by atoms with Crippen molar-refractivity contribution >= 4 is 35.0 Å². The van der Waals surface area contributed by atoms with E-state index in [1.807, 2.05) is 0 Å². The molecular weight excluding hydrogens is 315 g/mol. The Balaban J connectivity index is 2.39. The summed E-state index contributed by atoms with van der Waals surface area (Å²) in [6, 6.07) is 10.8. The van der Waals surface area contributed by atoms with Gasteiger partial charge in [-0.05, 0) is 30.3 Å². The van der Waals surface area contributed by atoms with Crippen molar-refractivity contribution in [2.45, 2.75) is 0 Å². The molecule has 0 fully saturated rings. The normalized spacial score (nSPS) is 10.2. The summed E-state index contributed by atoms with van der Waals surface area (Å²) in [5, 5.41) is 9.44. The fourth-order valence-electron chi connectivity index (χ4n) is 1.73. The van der Waals surface area contributed by atoms with Crippen molar-refractivity contribution in [1.29, 1.82) is 0 Å². The molecule has 0 saturated heterocycles. The average Bonchev–Trinajstić information content (AvgIpc) is 2.45. The Labute approximate surface area is 130 Å². The molecule has 0 aliphatic rings. The van der Waals surface area contributed by atoms with E-state index in [-0.39, 0.29) is 17.1 Å². The van der Waals surface area contributed by atoms with Gasteiger partial charge >= 0.3 is 5.97 Å². The molecule has 0 aromatic heterocycles. The van der Waals surface area contributed by atoms with Crippen LogP contribution < -0.4 is 4.74 Å². The van der Waals surface area contributed by atoms with E-state index >= 15 is 0 Å². The minimum atomic E-state index is -1.13. The molecule has 0 unspecified atom stereocenters. The average molecular weight is 325 g/mol. The minimum absolute atomic E-state index is 0.159. The van der Waals surface area contributed by atoms with Gasteiger partial charge in [-0.3, -0.25) is 4.79 Å². The molecule has 0 heterocycles. The smallest absolute Gasteiger partial charge is 0.341 e. The van der Waals surface area contributed by atoms with Crippen LogP contribution in [0.15, 0.2) is 42.5 Å². The van der Waals surface area contributed by atoms with Crippen LogP contribution in [0.25, 0.3) is 0 Å². The number of rotatable bonds is 5. The van der Waals surface area contributed by atoms with Crippen LogP contribution in [0.5, 0.6) is 5.75 Å². The molecule has 0 spiro atoms. The number of hydrogen-bond donors (Lipinski definition) is 1. The summed E-state index contributed by atoms with van der Waals surface area (Å²) >= 11 is 11.8. The zero-order chi connectivity index (χ0) is 15.4. The molecule has 1 N–H and O–H groups in total. The monoisotopic (exact) mass is 324 g/mol. The third kappa shape index (κ3) is 3.97. The molecule has 0 aliphatic heterocycles. The number of ether oxygens (including phenoxy) is 1. The second-order valence-electron chi connectivity index (χ2n) is 4.16. The molecule has 108 valence electrons. The fraction of sp³-hybridized carbons (Fsp3) is 0.0667. The zero-order valence-corrected chi connectivity index (χ0v) is 12.2. The third-order valence-electron chi connectivity index (χ3n) is 2.62. The summed E-state index contributed by atoms with van der Waals surface area (Å²) in [7, 11) is 0. The van der Waals surface area contributed by atoms with Crippen LogP contribution in [0.2, 0.25) is 10.0 Å². The van der Waals surface area contributed by atoms with Crippen molar-refractivity contribution in [1.82, 2.24) is 0 Å². The van der Waals surface area contributed by atoms with Crippen LogP contribution in [-0.4, -0.2) is 23.5 Å². The lowest BCUT2D eigenvalue weighted by Gasteiger charge is -2.10. The van der Waals surface area contributed by atoms with Gasteiger partial charge in [0.05, 0.1) is 5.56 Å². The highest BCUT2D eigenvalue weighted by Gasteiger charge is 2.16. The minimum Gasteiger partial charge on any atom is -0.481 e. The number of halogens is 2. The molecule has 0 radical (unpaired) electrons. The summed E-state index contributed by atoms with van der Waals surface area (Å²) in [6.07, 6.45) is 0. The van der Waals surface area contributed by atoms with Crippen LogP contribution >= 0.6 is 23.2 Å². The highest BCUT2D eigenvalue weighted by Crippen LogP contribution is 2.26. The van der Waals surface area contributed by atoms with Gasteiger partial charge in [0.1, 0.15) is 5.75 Å². The van der Waals surface area contributed by atoms with Crippen LogP contribution in [0.4, 0.5) is 0 Å². The maximum absolute atomic E-state index is 12.5. The van der Waals surface area contributed by atoms with Crippen molar-refractivity contribution in [2.75, 3.05) is 6.61 Å². The van der Waals surface area contributed by atoms with E-state index in [0.717, 1.165) is 0 Å². The summed E-state index contributed by atoms with van der Waals surface area (Å²) in [4.78, 5) is 23.1. The number of hydrogen-bond acceptors (Lipinski definition) is 3. The van der Waals surface area contributed by atoms with E-state index in [9.17, 15) is 9.59 Å². The van der Waals surface area contributed by atoms with Gasteiger partial charge in [-0.2, -0.15) is 0 Å². The molecule has 2 aromatic carbocycles. The van der Waals surface area contributed by atoms with E-state index in [1.165, 1.54) is 24.3 Å². The van der Waals surface area contributed by atoms with Crippen LogP contribution in [0.1, 0.15) is 15.9 Å². The Bertz CT molecular complexity index is 698. The molecule has 2 rings (SSSR count). The van der Waals surface area contributed by atoms with Crippen LogP contribution in [-0.2, 0) is 4.79 Å². The number of benzene rings is 2. The fourth-order valence-corrected chi connectivity index (χ4v) is 2.09. The van der Waals surface area contributed by atoms with Gasteiger partial charge in [-0.1, -0.05) is 35.3 Å². The van der Waals surface area contributed by atoms with Crippen molar-refractivity contribution in [2.24, 2.45) is 0 Å². The Kier molecular flexibility index (Phi) is 4.83. The van der Waals surface area contributed by atoms with E-state index in [1.54, 1.807) is 18.2 Å². The predicted octanol–water partition coefficient (Wildman–Crippen LogP) is 3.69. The van der Waals surface area contributed by atoms with Gasteiger partial charge in [0.15, 0.2) is 12.4 Å². The third-order valence-corrected chi connectivity index (χ3v) is 3.09. The first kappa shape index (κ1) is 15.4. The highest BCUT2D eigenvalue weighted by atomic mass is 35.5. The first-order valence-corrected chi connectivity index (χ1v) is 6.67. The van der Waals surface area contributed by atoms with Gasteiger partial charge in [0, 0.05) is 15.6 Å². The van der Waals surface area contributed by atoms with E-state index < -0.39 is 12.6 Å². The first-order chi connectivity index (χ1) is 9.97. The Morgan fingerprint density at radius 2 is 1.76 bits per heavy atom. The largest absolute Gasteiger partial charge is 0.481 e. The van der Waals surface area contributed by atoms with Crippen molar-refractivity contribution in [3.63, 3.8) is 0 Å². The van der Waals surface area contributed by atoms with E-state index in [4.69, 9.17) is 33.0 Å². The van der Waals surface area contributed by atoms with Crippen molar-refractivity contribution in [3.8, 4) is 5.75 Å². The van der Waals surface area contributed by atoms with Gasteiger partial charge in [0.25, 0.3) is 0 Å². The van der Waals surface area contributed by atoms with Gasteiger partial charge < -0.3 is 9.84 Å². The van der Waals surface area contributed by atoms with Gasteiger partial charge in [-0.25, -0.2) is 4.79 Å². The van der Waals surface area contributed by atoms with E-state index in [0.29, 0.717) is 15.6 Å². The lowest BCUT2D eigenvalue weighted by molar-refractivity contribution is -0.139. The van der Waals surface area contributed by atoms with Crippen LogP contribution in [0, 0.1) is 0 Å². The topological polar surface area (TPSA) is 63.6 Å². The zero-order valence-electron chi connectivity index (χ0n) is 10.7. The van der Waals surface area contributed by atoms with Crippen molar-refractivity contribution in [3.05, 3.63) is 63.6 Å². The van der Waals surface area contributed by atoms with Crippen LogP contribution in [0.3, 0.4) is 0 Å². The predicted molar refractivity (Wildman–Crippen MR) is 79.5 cm³/mol. The number of carbonyl (C=O) groups is 2. The summed E-state index contributed by atoms with van der Waals surface area (Å²) in [5.41, 5.74) is 0.552. The number of ketones is 1. The number of carboxylic acid groups (broad SMARTS) is 1. The summed E-state index contributed by atoms with van der Waals surface area (Å²) < 4.78 is 5.11.